The molecule has 2 unspecified atom stereocenters. The molecule has 1 N–H and O–H groups in total. The monoisotopic (exact) mass is 368 g/mol. The van der Waals surface area contributed by atoms with Gasteiger partial charge in [-0.15, -0.1) is 0 Å². The molecule has 1 fully saturated rings. The third-order valence-electron chi connectivity index (χ3n) is 4.86. The van der Waals surface area contributed by atoms with Crippen molar-refractivity contribution < 1.29 is 19.4 Å². The Kier molecular flexibility index (Phi) is 5.76. The van der Waals surface area contributed by atoms with E-state index in [-0.39, 0.29) is 18.4 Å². The number of methoxy groups -OCH3 is 1. The molecule has 3 rings (SSSR count). The molecule has 2 atom stereocenters. The second-order valence-electron chi connectivity index (χ2n) is 6.66. The van der Waals surface area contributed by atoms with Crippen LogP contribution in [-0.4, -0.2) is 48.6 Å². The lowest BCUT2D eigenvalue weighted by molar-refractivity contribution is -0.133. The van der Waals surface area contributed by atoms with Crippen molar-refractivity contribution in [3.63, 3.8) is 0 Å². The molecule has 27 heavy (non-hydrogen) atoms. The Bertz CT molecular complexity index is 792. The minimum Gasteiger partial charge on any atom is -0.497 e. The normalized spacial score (nSPS) is 17.7. The van der Waals surface area contributed by atoms with E-state index in [0.717, 1.165) is 5.69 Å². The van der Waals surface area contributed by atoms with Crippen molar-refractivity contribution in [2.75, 3.05) is 25.6 Å². The molecule has 0 aliphatic carbocycles. The van der Waals surface area contributed by atoms with Gasteiger partial charge in [0.25, 0.3) is 0 Å². The van der Waals surface area contributed by atoms with Gasteiger partial charge in [0.05, 0.1) is 19.8 Å². The highest BCUT2D eigenvalue weighted by atomic mass is 16.5. The van der Waals surface area contributed by atoms with E-state index >= 15 is 0 Å². The van der Waals surface area contributed by atoms with Gasteiger partial charge in [0.15, 0.2) is 0 Å². The van der Waals surface area contributed by atoms with Gasteiger partial charge in [-0.25, -0.2) is 0 Å². The fourth-order valence-corrected chi connectivity index (χ4v) is 3.37. The summed E-state index contributed by atoms with van der Waals surface area (Å²) in [6.45, 7) is 0.151. The van der Waals surface area contributed by atoms with Crippen LogP contribution in [0.3, 0.4) is 0 Å². The number of likely N-dealkylation sites (N-methyl/N-ethyl adjacent to an activating group) is 1. The van der Waals surface area contributed by atoms with Crippen molar-refractivity contribution >= 4 is 17.5 Å². The number of amides is 2. The summed E-state index contributed by atoms with van der Waals surface area (Å²) in [5.41, 5.74) is 1.43. The molecule has 142 valence electrons. The molecule has 0 spiro atoms. The zero-order chi connectivity index (χ0) is 19.4. The lowest BCUT2D eigenvalue weighted by Crippen LogP contribution is -2.46. The zero-order valence-corrected chi connectivity index (χ0v) is 15.5. The van der Waals surface area contributed by atoms with E-state index in [9.17, 15) is 14.7 Å². The Hall–Kier alpha value is -2.86. The van der Waals surface area contributed by atoms with Crippen LogP contribution < -0.4 is 9.64 Å². The van der Waals surface area contributed by atoms with E-state index in [2.05, 4.69) is 0 Å². The summed E-state index contributed by atoms with van der Waals surface area (Å²) in [6.07, 6.45) is 0.0162. The Morgan fingerprint density at radius 2 is 1.89 bits per heavy atom. The third kappa shape index (κ3) is 4.11. The number of hydrogen-bond donors (Lipinski definition) is 1. The summed E-state index contributed by atoms with van der Waals surface area (Å²) < 4.78 is 5.12. The quantitative estimate of drug-likeness (QED) is 0.850. The SMILES string of the molecule is COc1ccc(C(O)CN(C)C(=O)C2CCC(=O)N2c2ccccc2)cc1. The number of aliphatic hydroxyl groups is 1. The van der Waals surface area contributed by atoms with Crippen molar-refractivity contribution in [1.29, 1.82) is 0 Å². The summed E-state index contributed by atoms with van der Waals surface area (Å²) >= 11 is 0. The van der Waals surface area contributed by atoms with Gasteiger partial charge in [0, 0.05) is 19.2 Å². The van der Waals surface area contributed by atoms with Crippen molar-refractivity contribution in [3.8, 4) is 5.75 Å². The number of aliphatic hydroxyl groups excluding tert-OH is 1. The molecule has 1 saturated heterocycles. The van der Waals surface area contributed by atoms with Gasteiger partial charge in [0.1, 0.15) is 11.8 Å². The Labute approximate surface area is 159 Å². The number of nitrogens with zero attached hydrogens (tertiary/aromatic N) is 2. The van der Waals surface area contributed by atoms with Crippen molar-refractivity contribution in [3.05, 3.63) is 60.2 Å². The molecule has 6 nitrogen and oxygen atoms in total. The maximum atomic E-state index is 12.9. The fraction of sp³-hybridized carbons (Fsp3) is 0.333. The van der Waals surface area contributed by atoms with E-state index in [1.165, 1.54) is 4.90 Å². The highest BCUT2D eigenvalue weighted by Gasteiger charge is 2.38. The van der Waals surface area contributed by atoms with Crippen LogP contribution >= 0.6 is 0 Å². The number of ether oxygens (including phenoxy) is 1. The topological polar surface area (TPSA) is 70.1 Å². The first-order valence-electron chi connectivity index (χ1n) is 8.95. The number of hydrogen-bond acceptors (Lipinski definition) is 4. The molecular weight excluding hydrogens is 344 g/mol. The van der Waals surface area contributed by atoms with Gasteiger partial charge >= 0.3 is 0 Å². The van der Waals surface area contributed by atoms with Crippen LogP contribution in [0, 0.1) is 0 Å². The minimum atomic E-state index is -0.813. The van der Waals surface area contributed by atoms with Gasteiger partial charge in [-0.1, -0.05) is 30.3 Å². The van der Waals surface area contributed by atoms with Crippen LogP contribution in [0.4, 0.5) is 5.69 Å². The smallest absolute Gasteiger partial charge is 0.245 e. The predicted octanol–water partition coefficient (Wildman–Crippen LogP) is 2.38. The summed E-state index contributed by atoms with van der Waals surface area (Å²) in [4.78, 5) is 28.3. The van der Waals surface area contributed by atoms with Crippen molar-refractivity contribution in [1.82, 2.24) is 4.90 Å². The van der Waals surface area contributed by atoms with Gasteiger partial charge in [-0.2, -0.15) is 0 Å². The first-order chi connectivity index (χ1) is 13.0. The Morgan fingerprint density at radius 3 is 2.52 bits per heavy atom. The summed E-state index contributed by atoms with van der Waals surface area (Å²) in [7, 11) is 3.24. The van der Waals surface area contributed by atoms with Crippen LogP contribution in [-0.2, 0) is 9.59 Å². The standard InChI is InChI=1S/C21H24N2O4/c1-22(14-19(24)15-8-10-17(27-2)11-9-15)21(26)18-12-13-20(25)23(18)16-6-4-3-5-7-16/h3-11,18-19,24H,12-14H2,1-2H3. The highest BCUT2D eigenvalue weighted by molar-refractivity contribution is 6.03. The molecule has 2 aromatic rings. The number of rotatable bonds is 6. The Morgan fingerprint density at radius 1 is 1.22 bits per heavy atom. The summed E-state index contributed by atoms with van der Waals surface area (Å²) in [5.74, 6) is 0.485. The third-order valence-corrected chi connectivity index (χ3v) is 4.86. The van der Waals surface area contributed by atoms with Crippen LogP contribution in [0.25, 0.3) is 0 Å². The second kappa shape index (κ2) is 8.22. The molecule has 2 aromatic carbocycles. The number of carbonyl (C=O) groups excluding carboxylic acids is 2. The molecule has 1 aliphatic rings. The van der Waals surface area contributed by atoms with Crippen molar-refractivity contribution in [2.45, 2.75) is 25.0 Å². The molecule has 1 aliphatic heterocycles. The number of carbonyl (C=O) groups is 2. The van der Waals surface area contributed by atoms with Gasteiger partial charge in [0.2, 0.25) is 11.8 Å². The van der Waals surface area contributed by atoms with Crippen LogP contribution in [0.15, 0.2) is 54.6 Å². The van der Waals surface area contributed by atoms with Gasteiger partial charge < -0.3 is 14.7 Å². The van der Waals surface area contributed by atoms with Crippen LogP contribution in [0.5, 0.6) is 5.75 Å². The lowest BCUT2D eigenvalue weighted by atomic mass is 10.1. The number of para-hydroxylation sites is 1. The average Bonchev–Trinajstić information content (AvgIpc) is 3.09. The first-order valence-corrected chi connectivity index (χ1v) is 8.95. The lowest BCUT2D eigenvalue weighted by Gasteiger charge is -2.29. The van der Waals surface area contributed by atoms with Crippen molar-refractivity contribution in [2.24, 2.45) is 0 Å². The average molecular weight is 368 g/mol. The number of anilines is 1. The second-order valence-corrected chi connectivity index (χ2v) is 6.66. The van der Waals surface area contributed by atoms with E-state index in [4.69, 9.17) is 4.74 Å². The zero-order valence-electron chi connectivity index (χ0n) is 15.5. The predicted molar refractivity (Wildman–Crippen MR) is 103 cm³/mol. The van der Waals surface area contributed by atoms with Crippen LogP contribution in [0.1, 0.15) is 24.5 Å². The van der Waals surface area contributed by atoms with E-state index in [0.29, 0.717) is 24.2 Å². The summed E-state index contributed by atoms with van der Waals surface area (Å²) in [5, 5.41) is 10.5. The summed E-state index contributed by atoms with van der Waals surface area (Å²) in [6, 6.07) is 15.8. The largest absolute Gasteiger partial charge is 0.497 e. The molecule has 0 saturated carbocycles. The first kappa shape index (κ1) is 18.9. The molecule has 2 amide bonds. The highest BCUT2D eigenvalue weighted by Crippen LogP contribution is 2.28. The molecule has 1 heterocycles. The Balaban J connectivity index is 1.69. The maximum Gasteiger partial charge on any atom is 0.245 e. The van der Waals surface area contributed by atoms with E-state index < -0.39 is 12.1 Å². The van der Waals surface area contributed by atoms with Gasteiger partial charge in [-0.05, 0) is 36.2 Å². The molecular formula is C21H24N2O4. The minimum absolute atomic E-state index is 0.0522. The number of benzene rings is 2. The fourth-order valence-electron chi connectivity index (χ4n) is 3.37. The van der Waals surface area contributed by atoms with Crippen LogP contribution in [0.2, 0.25) is 0 Å². The molecule has 0 radical (unpaired) electrons. The molecule has 0 bridgehead atoms. The maximum absolute atomic E-state index is 12.9. The van der Waals surface area contributed by atoms with Gasteiger partial charge in [-0.3, -0.25) is 14.5 Å². The molecule has 6 heteroatoms. The molecule has 0 aromatic heterocycles. The van der Waals surface area contributed by atoms with E-state index in [1.807, 2.05) is 30.3 Å². The van der Waals surface area contributed by atoms with E-state index in [1.54, 1.807) is 43.3 Å².